The van der Waals surface area contributed by atoms with Gasteiger partial charge in [-0.1, -0.05) is 30.3 Å². The lowest BCUT2D eigenvalue weighted by molar-refractivity contribution is 0.179. The van der Waals surface area contributed by atoms with Gasteiger partial charge in [-0.2, -0.15) is 0 Å². The predicted molar refractivity (Wildman–Crippen MR) is 110 cm³/mol. The Hall–Kier alpha value is -3.80. The maximum Gasteiger partial charge on any atom is 0.318 e. The van der Waals surface area contributed by atoms with E-state index in [0.29, 0.717) is 18.8 Å². The number of hydrogen-bond acceptors (Lipinski definition) is 2. The topological polar surface area (TPSA) is 50.4 Å². The molecule has 0 unspecified atom stereocenters. The van der Waals surface area contributed by atoms with Crippen LogP contribution >= 0.6 is 0 Å². The van der Waals surface area contributed by atoms with Crippen molar-refractivity contribution in [2.24, 2.45) is 0 Å². The number of halogens is 1. The maximum atomic E-state index is 13.6. The molecule has 1 aliphatic rings. The molecule has 5 nitrogen and oxygen atoms in total. The number of nitrogens with zero attached hydrogens (tertiary/aromatic N) is 2. The molecular weight excluding hydrogens is 381 g/mol. The van der Waals surface area contributed by atoms with Gasteiger partial charge in [0.15, 0.2) is 0 Å². The molecule has 0 radical (unpaired) electrons. The fraction of sp³-hybridized carbons (Fsp3) is 0.125. The summed E-state index contributed by atoms with van der Waals surface area (Å²) >= 11 is 0. The van der Waals surface area contributed by atoms with Gasteiger partial charge in [0.25, 0.3) is 0 Å². The molecule has 0 spiro atoms. The van der Waals surface area contributed by atoms with Crippen molar-refractivity contribution in [2.45, 2.75) is 19.1 Å². The molecule has 1 atom stereocenters. The van der Waals surface area contributed by atoms with E-state index in [1.807, 2.05) is 48.7 Å². The molecule has 0 saturated carbocycles. The number of carbonyl (C=O) groups is 1. The number of para-hydroxylation sites is 1. The fourth-order valence-corrected chi connectivity index (χ4v) is 4.01. The van der Waals surface area contributed by atoms with Gasteiger partial charge in [0, 0.05) is 11.9 Å². The zero-order chi connectivity index (χ0) is 20.5. The van der Waals surface area contributed by atoms with E-state index < -0.39 is 0 Å². The van der Waals surface area contributed by atoms with E-state index in [-0.39, 0.29) is 17.9 Å². The van der Waals surface area contributed by atoms with Crippen molar-refractivity contribution in [3.05, 3.63) is 114 Å². The second-order valence-corrected chi connectivity index (χ2v) is 7.25. The average Bonchev–Trinajstić information content (AvgIpc) is 3.43. The first kappa shape index (κ1) is 18.2. The summed E-state index contributed by atoms with van der Waals surface area (Å²) in [4.78, 5) is 15.1. The van der Waals surface area contributed by atoms with E-state index in [4.69, 9.17) is 4.42 Å². The molecule has 0 fully saturated rings. The molecule has 6 heteroatoms. The van der Waals surface area contributed by atoms with Crippen LogP contribution in [0.5, 0.6) is 0 Å². The number of fused-ring (bicyclic) bond motifs is 3. The second kappa shape index (κ2) is 7.55. The molecule has 0 aliphatic carbocycles. The molecule has 5 rings (SSSR count). The molecule has 2 aromatic heterocycles. The molecule has 1 aliphatic heterocycles. The third kappa shape index (κ3) is 3.26. The van der Waals surface area contributed by atoms with Gasteiger partial charge in [-0.3, -0.25) is 0 Å². The summed E-state index contributed by atoms with van der Waals surface area (Å²) in [6.07, 6.45) is 3.58. The van der Waals surface area contributed by atoms with Crippen molar-refractivity contribution in [2.75, 3.05) is 0 Å². The standard InChI is InChI=1S/C24H20FN3O2/c25-19-11-9-17(10-12-19)23-22-8-3-13-27(22)21-7-2-1-5-18(21)16-28(23)24(29)26-15-20-6-4-14-30-20/h1-14,23H,15-16H2,(H,26,29)/t23-/m1/s1. The van der Waals surface area contributed by atoms with Crippen molar-refractivity contribution < 1.29 is 13.6 Å². The van der Waals surface area contributed by atoms with Crippen LogP contribution in [0.4, 0.5) is 9.18 Å². The molecule has 1 N–H and O–H groups in total. The minimum absolute atomic E-state index is 0.217. The Labute approximate surface area is 173 Å². The van der Waals surface area contributed by atoms with E-state index in [2.05, 4.69) is 9.88 Å². The molecule has 2 aromatic carbocycles. The van der Waals surface area contributed by atoms with Crippen molar-refractivity contribution >= 4 is 6.03 Å². The number of carbonyl (C=O) groups excluding carboxylic acids is 1. The Morgan fingerprint density at radius 3 is 2.67 bits per heavy atom. The highest BCUT2D eigenvalue weighted by Gasteiger charge is 2.32. The Morgan fingerprint density at radius 1 is 1.03 bits per heavy atom. The summed E-state index contributed by atoms with van der Waals surface area (Å²) < 4.78 is 21.1. The summed E-state index contributed by atoms with van der Waals surface area (Å²) in [5, 5.41) is 2.96. The van der Waals surface area contributed by atoms with Crippen LogP contribution in [-0.2, 0) is 13.1 Å². The molecule has 30 heavy (non-hydrogen) atoms. The molecule has 150 valence electrons. The summed E-state index contributed by atoms with van der Waals surface area (Å²) in [5.41, 5.74) is 3.86. The third-order valence-corrected chi connectivity index (χ3v) is 5.40. The summed E-state index contributed by atoms with van der Waals surface area (Å²) in [7, 11) is 0. The van der Waals surface area contributed by atoms with Crippen LogP contribution in [0.25, 0.3) is 5.69 Å². The minimum atomic E-state index is -0.371. The highest BCUT2D eigenvalue weighted by atomic mass is 19.1. The van der Waals surface area contributed by atoms with Crippen LogP contribution in [0.2, 0.25) is 0 Å². The molecule has 0 saturated heterocycles. The summed E-state index contributed by atoms with van der Waals surface area (Å²) in [6.45, 7) is 0.713. The van der Waals surface area contributed by atoms with Gasteiger partial charge in [-0.05, 0) is 53.6 Å². The van der Waals surface area contributed by atoms with Gasteiger partial charge in [-0.15, -0.1) is 0 Å². The number of benzene rings is 2. The van der Waals surface area contributed by atoms with Gasteiger partial charge >= 0.3 is 6.03 Å². The van der Waals surface area contributed by atoms with Crippen LogP contribution in [0.1, 0.15) is 28.6 Å². The molecular formula is C24H20FN3O2. The lowest BCUT2D eigenvalue weighted by atomic mass is 10.0. The van der Waals surface area contributed by atoms with Gasteiger partial charge in [0.2, 0.25) is 0 Å². The summed E-state index contributed by atoms with van der Waals surface area (Å²) in [6, 6.07) is 21.4. The highest BCUT2D eigenvalue weighted by Crippen LogP contribution is 2.36. The van der Waals surface area contributed by atoms with Crippen molar-refractivity contribution in [1.82, 2.24) is 14.8 Å². The lowest BCUT2D eigenvalue weighted by Gasteiger charge is -2.31. The van der Waals surface area contributed by atoms with Crippen LogP contribution in [0, 0.1) is 5.82 Å². The van der Waals surface area contributed by atoms with Gasteiger partial charge in [0.05, 0.1) is 31.1 Å². The second-order valence-electron chi connectivity index (χ2n) is 7.25. The molecule has 2 amide bonds. The Morgan fingerprint density at radius 2 is 1.87 bits per heavy atom. The first-order valence-corrected chi connectivity index (χ1v) is 9.78. The number of hydrogen-bond donors (Lipinski definition) is 1. The van der Waals surface area contributed by atoms with E-state index in [9.17, 15) is 9.18 Å². The predicted octanol–water partition coefficient (Wildman–Crippen LogP) is 5.02. The van der Waals surface area contributed by atoms with Crippen LogP contribution in [0.15, 0.2) is 89.7 Å². The Bertz CT molecular complexity index is 1170. The number of rotatable bonds is 3. The number of nitrogens with one attached hydrogen (secondary N) is 1. The van der Waals surface area contributed by atoms with Crippen LogP contribution < -0.4 is 5.32 Å². The van der Waals surface area contributed by atoms with E-state index >= 15 is 0 Å². The number of aromatic nitrogens is 1. The smallest absolute Gasteiger partial charge is 0.318 e. The average molecular weight is 401 g/mol. The quantitative estimate of drug-likeness (QED) is 0.524. The first-order valence-electron chi connectivity index (χ1n) is 9.78. The normalized spacial score (nSPS) is 15.2. The SMILES string of the molecule is O=C(NCc1ccco1)N1Cc2ccccc2-n2cccc2[C@H]1c1ccc(F)cc1. The Balaban J connectivity index is 1.58. The highest BCUT2D eigenvalue weighted by molar-refractivity contribution is 5.76. The largest absolute Gasteiger partial charge is 0.467 e. The number of furan rings is 1. The van der Waals surface area contributed by atoms with Crippen molar-refractivity contribution in [1.29, 1.82) is 0 Å². The molecule has 4 aromatic rings. The molecule has 0 bridgehead atoms. The fourth-order valence-electron chi connectivity index (χ4n) is 4.01. The van der Waals surface area contributed by atoms with Crippen LogP contribution in [0.3, 0.4) is 0 Å². The van der Waals surface area contributed by atoms with E-state index in [1.165, 1.54) is 12.1 Å². The number of amides is 2. The Kier molecular flexibility index (Phi) is 4.59. The van der Waals surface area contributed by atoms with Crippen LogP contribution in [-0.4, -0.2) is 15.5 Å². The van der Waals surface area contributed by atoms with Crippen molar-refractivity contribution in [3.8, 4) is 5.69 Å². The zero-order valence-electron chi connectivity index (χ0n) is 16.2. The maximum absolute atomic E-state index is 13.6. The minimum Gasteiger partial charge on any atom is -0.467 e. The van der Waals surface area contributed by atoms with Gasteiger partial charge in [0.1, 0.15) is 11.6 Å². The van der Waals surface area contributed by atoms with E-state index in [1.54, 1.807) is 29.4 Å². The van der Waals surface area contributed by atoms with Gasteiger partial charge < -0.3 is 19.2 Å². The first-order chi connectivity index (χ1) is 14.7. The number of urea groups is 1. The monoisotopic (exact) mass is 401 g/mol. The zero-order valence-corrected chi connectivity index (χ0v) is 16.2. The summed E-state index contributed by atoms with van der Waals surface area (Å²) in [5.74, 6) is 0.375. The third-order valence-electron chi connectivity index (χ3n) is 5.40. The van der Waals surface area contributed by atoms with E-state index in [0.717, 1.165) is 22.5 Å². The van der Waals surface area contributed by atoms with Crippen molar-refractivity contribution in [3.63, 3.8) is 0 Å². The lowest BCUT2D eigenvalue weighted by Crippen LogP contribution is -2.41. The molecule has 3 heterocycles. The van der Waals surface area contributed by atoms with Gasteiger partial charge in [-0.25, -0.2) is 9.18 Å².